The maximum absolute atomic E-state index is 2.40. The van der Waals surface area contributed by atoms with Gasteiger partial charge in [-0.1, -0.05) is 184 Å². The van der Waals surface area contributed by atoms with E-state index < -0.39 is 0 Å². The number of rotatable bonds is 7. The largest absolute Gasteiger partial charge is 0.310 e. The van der Waals surface area contributed by atoms with E-state index in [-0.39, 0.29) is 5.41 Å². The highest BCUT2D eigenvalue weighted by Gasteiger charge is 2.37. The molecule has 266 valence electrons. The summed E-state index contributed by atoms with van der Waals surface area (Å²) in [4.78, 5) is 2.40. The highest BCUT2D eigenvalue weighted by atomic mass is 15.1. The van der Waals surface area contributed by atoms with E-state index >= 15 is 0 Å². The third-order valence-electron chi connectivity index (χ3n) is 11.7. The molecular formula is C55H41N. The van der Waals surface area contributed by atoms with Crippen LogP contribution in [0.1, 0.15) is 25.0 Å². The fourth-order valence-electron chi connectivity index (χ4n) is 8.89. The number of hydrogen-bond donors (Lipinski definition) is 0. The summed E-state index contributed by atoms with van der Waals surface area (Å²) < 4.78 is 0. The van der Waals surface area contributed by atoms with E-state index in [2.05, 4.69) is 231 Å². The molecule has 1 aliphatic carbocycles. The Morgan fingerprint density at radius 3 is 1.59 bits per heavy atom. The molecule has 0 spiro atoms. The average molecular weight is 716 g/mol. The maximum atomic E-state index is 2.40. The van der Waals surface area contributed by atoms with Crippen molar-refractivity contribution in [2.75, 3.05) is 4.90 Å². The zero-order valence-corrected chi connectivity index (χ0v) is 31.7. The average Bonchev–Trinajstić information content (AvgIpc) is 3.50. The third-order valence-corrected chi connectivity index (χ3v) is 11.7. The molecule has 10 rings (SSSR count). The maximum Gasteiger partial charge on any atom is 0.0540 e. The van der Waals surface area contributed by atoms with Gasteiger partial charge in [0, 0.05) is 22.4 Å². The molecule has 0 saturated heterocycles. The molecule has 0 saturated carbocycles. The molecule has 0 amide bonds. The zero-order valence-electron chi connectivity index (χ0n) is 31.7. The van der Waals surface area contributed by atoms with E-state index in [1.165, 1.54) is 77.5 Å². The molecule has 1 aliphatic rings. The van der Waals surface area contributed by atoms with E-state index in [9.17, 15) is 0 Å². The standard InChI is InChI=1S/C55H41N/c1-55(2)52-24-10-8-21-50(52)51-23-13-22-49(54(51)55)41-30-34-47(35-31-41)56(53-25-11-9-20-48(53)40-15-4-3-5-16-40)46-32-28-39(29-33-46)43-18-12-19-44(36-43)45-27-26-38-14-6-7-17-42(38)37-45/h3-37H,1-2H3. The van der Waals surface area contributed by atoms with Crippen LogP contribution in [0.2, 0.25) is 0 Å². The van der Waals surface area contributed by atoms with Crippen LogP contribution in [0.4, 0.5) is 17.1 Å². The minimum absolute atomic E-state index is 0.0847. The van der Waals surface area contributed by atoms with Crippen molar-refractivity contribution >= 4 is 27.8 Å². The van der Waals surface area contributed by atoms with Gasteiger partial charge < -0.3 is 4.90 Å². The van der Waals surface area contributed by atoms with Crippen LogP contribution >= 0.6 is 0 Å². The van der Waals surface area contributed by atoms with E-state index in [1.807, 2.05) is 0 Å². The van der Waals surface area contributed by atoms with E-state index in [0.717, 1.165) is 17.1 Å². The molecule has 0 radical (unpaired) electrons. The first-order valence-corrected chi connectivity index (χ1v) is 19.5. The summed E-state index contributed by atoms with van der Waals surface area (Å²) in [6, 6.07) is 77.5. The van der Waals surface area contributed by atoms with Gasteiger partial charge in [-0.15, -0.1) is 0 Å². The molecular weight excluding hydrogens is 675 g/mol. The summed E-state index contributed by atoms with van der Waals surface area (Å²) in [6.07, 6.45) is 0. The Morgan fingerprint density at radius 1 is 0.321 bits per heavy atom. The smallest absolute Gasteiger partial charge is 0.0540 e. The van der Waals surface area contributed by atoms with Crippen LogP contribution in [0, 0.1) is 0 Å². The molecule has 0 aliphatic heterocycles. The molecule has 9 aromatic carbocycles. The van der Waals surface area contributed by atoms with Crippen LogP contribution < -0.4 is 4.90 Å². The Kier molecular flexibility index (Phi) is 8.23. The van der Waals surface area contributed by atoms with Crippen molar-refractivity contribution in [1.29, 1.82) is 0 Å². The fourth-order valence-corrected chi connectivity index (χ4v) is 8.89. The van der Waals surface area contributed by atoms with Crippen LogP contribution in [0.5, 0.6) is 0 Å². The van der Waals surface area contributed by atoms with Gasteiger partial charge in [-0.25, -0.2) is 0 Å². The number of anilines is 3. The molecule has 1 heteroatoms. The molecule has 0 bridgehead atoms. The number of para-hydroxylation sites is 1. The summed E-state index contributed by atoms with van der Waals surface area (Å²) in [6.45, 7) is 4.72. The Labute approximate surface area is 329 Å². The number of hydrogen-bond acceptors (Lipinski definition) is 1. The highest BCUT2D eigenvalue weighted by Crippen LogP contribution is 2.52. The van der Waals surface area contributed by atoms with Gasteiger partial charge in [0.2, 0.25) is 0 Å². The van der Waals surface area contributed by atoms with E-state index in [1.54, 1.807) is 0 Å². The lowest BCUT2D eigenvalue weighted by Gasteiger charge is -2.28. The first-order valence-electron chi connectivity index (χ1n) is 19.5. The monoisotopic (exact) mass is 715 g/mol. The summed E-state index contributed by atoms with van der Waals surface area (Å²) in [5, 5.41) is 2.51. The van der Waals surface area contributed by atoms with Crippen molar-refractivity contribution in [2.45, 2.75) is 19.3 Å². The lowest BCUT2D eigenvalue weighted by Crippen LogP contribution is -2.16. The van der Waals surface area contributed by atoms with Gasteiger partial charge in [0.1, 0.15) is 0 Å². The first-order chi connectivity index (χ1) is 27.5. The van der Waals surface area contributed by atoms with Gasteiger partial charge in [-0.3, -0.25) is 0 Å². The van der Waals surface area contributed by atoms with Crippen LogP contribution in [0.3, 0.4) is 0 Å². The molecule has 1 nitrogen and oxygen atoms in total. The van der Waals surface area contributed by atoms with Gasteiger partial charge in [0.15, 0.2) is 0 Å². The van der Waals surface area contributed by atoms with E-state index in [0.29, 0.717) is 0 Å². The summed E-state index contributed by atoms with van der Waals surface area (Å²) in [5.74, 6) is 0. The predicted octanol–water partition coefficient (Wildman–Crippen LogP) is 15.3. The third kappa shape index (κ3) is 5.81. The lowest BCUT2D eigenvalue weighted by molar-refractivity contribution is 0.662. The SMILES string of the molecule is CC1(C)c2ccccc2-c2cccc(-c3ccc(N(c4ccc(-c5cccc(-c6ccc7ccccc7c6)c5)cc4)c4ccccc4-c4ccccc4)cc3)c21. The van der Waals surface area contributed by atoms with Crippen molar-refractivity contribution in [3.8, 4) is 55.6 Å². The van der Waals surface area contributed by atoms with Gasteiger partial charge in [0.25, 0.3) is 0 Å². The highest BCUT2D eigenvalue weighted by molar-refractivity contribution is 5.92. The van der Waals surface area contributed by atoms with E-state index in [4.69, 9.17) is 0 Å². The Bertz CT molecular complexity index is 2860. The molecule has 0 unspecified atom stereocenters. The number of nitrogens with zero attached hydrogens (tertiary/aromatic N) is 1. The van der Waals surface area contributed by atoms with Crippen molar-refractivity contribution in [3.63, 3.8) is 0 Å². The van der Waals surface area contributed by atoms with Gasteiger partial charge >= 0.3 is 0 Å². The van der Waals surface area contributed by atoms with Crippen LogP contribution in [-0.4, -0.2) is 0 Å². The molecule has 56 heavy (non-hydrogen) atoms. The summed E-state index contributed by atoms with van der Waals surface area (Å²) in [7, 11) is 0. The number of benzene rings is 9. The normalized spacial score (nSPS) is 12.6. The zero-order chi connectivity index (χ0) is 37.6. The van der Waals surface area contributed by atoms with Crippen LogP contribution in [-0.2, 0) is 5.41 Å². The lowest BCUT2D eigenvalue weighted by atomic mass is 9.79. The summed E-state index contributed by atoms with van der Waals surface area (Å²) >= 11 is 0. The minimum Gasteiger partial charge on any atom is -0.310 e. The summed E-state index contributed by atoms with van der Waals surface area (Å²) in [5.41, 5.74) is 18.5. The first kappa shape index (κ1) is 33.6. The number of fused-ring (bicyclic) bond motifs is 4. The Balaban J connectivity index is 1.04. The van der Waals surface area contributed by atoms with Gasteiger partial charge in [-0.2, -0.15) is 0 Å². The van der Waals surface area contributed by atoms with Crippen LogP contribution in [0.25, 0.3) is 66.4 Å². The molecule has 0 N–H and O–H groups in total. The van der Waals surface area contributed by atoms with Crippen LogP contribution in [0.15, 0.2) is 212 Å². The van der Waals surface area contributed by atoms with Crippen molar-refractivity contribution in [1.82, 2.24) is 0 Å². The topological polar surface area (TPSA) is 3.24 Å². The quantitative estimate of drug-likeness (QED) is 0.159. The van der Waals surface area contributed by atoms with Crippen molar-refractivity contribution in [3.05, 3.63) is 223 Å². The van der Waals surface area contributed by atoms with Crippen molar-refractivity contribution < 1.29 is 0 Å². The molecule has 0 fully saturated rings. The second-order valence-electron chi connectivity index (χ2n) is 15.4. The second kappa shape index (κ2) is 13.7. The Morgan fingerprint density at radius 2 is 0.821 bits per heavy atom. The second-order valence-corrected chi connectivity index (χ2v) is 15.4. The molecule has 0 heterocycles. The van der Waals surface area contributed by atoms with Gasteiger partial charge in [-0.05, 0) is 114 Å². The fraction of sp³-hybridized carbons (Fsp3) is 0.0545. The molecule has 0 aromatic heterocycles. The minimum atomic E-state index is -0.0847. The molecule has 0 atom stereocenters. The van der Waals surface area contributed by atoms with Crippen molar-refractivity contribution in [2.24, 2.45) is 0 Å². The van der Waals surface area contributed by atoms with Gasteiger partial charge in [0.05, 0.1) is 5.69 Å². The Hall–Kier alpha value is -6.96. The molecule has 9 aromatic rings. The predicted molar refractivity (Wildman–Crippen MR) is 238 cm³/mol.